The lowest BCUT2D eigenvalue weighted by molar-refractivity contribution is 0.102. The van der Waals surface area contributed by atoms with Crippen LogP contribution in [-0.2, 0) is 7.05 Å². The smallest absolute Gasteiger partial charge is 0.408 e. The van der Waals surface area contributed by atoms with Crippen LogP contribution in [0.5, 0.6) is 0 Å². The van der Waals surface area contributed by atoms with Gasteiger partial charge in [0, 0.05) is 28.2 Å². The van der Waals surface area contributed by atoms with Crippen LogP contribution in [0.25, 0.3) is 21.2 Å². The molecule has 0 fully saturated rings. The molecule has 0 bridgehead atoms. The molecule has 1 N–H and O–H groups in total. The minimum atomic E-state index is -0.424. The molecule has 0 saturated heterocycles. The number of benzene rings is 2. The number of hydrogen-bond donors (Lipinski definition) is 1. The molecule has 2 aromatic carbocycles. The average Bonchev–Trinajstić information content (AvgIpc) is 3.10. The molecule has 0 atom stereocenters. The zero-order chi connectivity index (χ0) is 16.0. The molecule has 0 saturated carbocycles. The van der Waals surface area contributed by atoms with E-state index in [1.807, 2.05) is 29.6 Å². The largest absolute Gasteiger partial charge is 0.419 e. The van der Waals surface area contributed by atoms with E-state index in [0.717, 1.165) is 10.1 Å². The summed E-state index contributed by atoms with van der Waals surface area (Å²) in [6.45, 7) is 0. The van der Waals surface area contributed by atoms with Crippen LogP contribution in [0, 0.1) is 0 Å². The van der Waals surface area contributed by atoms with E-state index in [1.54, 1.807) is 25.2 Å². The normalized spacial score (nSPS) is 11.2. The third kappa shape index (κ3) is 2.24. The number of rotatable bonds is 2. The first-order chi connectivity index (χ1) is 11.1. The van der Waals surface area contributed by atoms with E-state index in [2.05, 4.69) is 5.32 Å². The second kappa shape index (κ2) is 5.10. The summed E-state index contributed by atoms with van der Waals surface area (Å²) in [5, 5.41) is 5.67. The zero-order valence-electron chi connectivity index (χ0n) is 12.2. The van der Waals surface area contributed by atoms with E-state index in [0.29, 0.717) is 22.4 Å². The second-order valence-corrected chi connectivity index (χ2v) is 6.12. The van der Waals surface area contributed by atoms with Gasteiger partial charge in [-0.25, -0.2) is 4.79 Å². The third-order valence-corrected chi connectivity index (χ3v) is 4.74. The Morgan fingerprint density at radius 3 is 2.91 bits per heavy atom. The Bertz CT molecular complexity index is 1100. The van der Waals surface area contributed by atoms with Crippen molar-refractivity contribution in [1.82, 2.24) is 4.57 Å². The number of oxazole rings is 1. The molecule has 114 valence electrons. The van der Waals surface area contributed by atoms with E-state index in [4.69, 9.17) is 4.42 Å². The summed E-state index contributed by atoms with van der Waals surface area (Å²) in [7, 11) is 1.63. The second-order valence-electron chi connectivity index (χ2n) is 5.21. The molecule has 4 aromatic rings. The fraction of sp³-hybridized carbons (Fsp3) is 0.0588. The van der Waals surface area contributed by atoms with Gasteiger partial charge in [0.15, 0.2) is 5.58 Å². The molecule has 2 heterocycles. The number of fused-ring (bicyclic) bond motifs is 2. The molecule has 6 heteroatoms. The highest BCUT2D eigenvalue weighted by Gasteiger charge is 2.13. The third-order valence-electron chi connectivity index (χ3n) is 3.77. The Balaban J connectivity index is 1.71. The number of hydrogen-bond acceptors (Lipinski definition) is 4. The van der Waals surface area contributed by atoms with E-state index in [1.165, 1.54) is 15.9 Å². The van der Waals surface area contributed by atoms with Crippen LogP contribution in [0.2, 0.25) is 0 Å². The molecular weight excluding hydrogens is 312 g/mol. The van der Waals surface area contributed by atoms with Crippen molar-refractivity contribution in [1.29, 1.82) is 0 Å². The molecule has 2 aromatic heterocycles. The first kappa shape index (κ1) is 13.8. The lowest BCUT2D eigenvalue weighted by Crippen LogP contribution is -2.11. The molecule has 1 amide bonds. The van der Waals surface area contributed by atoms with Crippen molar-refractivity contribution in [3.63, 3.8) is 0 Å². The van der Waals surface area contributed by atoms with E-state index < -0.39 is 5.76 Å². The molecule has 0 aliphatic heterocycles. The van der Waals surface area contributed by atoms with Crippen molar-refractivity contribution in [2.75, 3.05) is 5.32 Å². The van der Waals surface area contributed by atoms with Crippen molar-refractivity contribution in [3.05, 3.63) is 64.0 Å². The van der Waals surface area contributed by atoms with Crippen molar-refractivity contribution in [3.8, 4) is 0 Å². The number of aromatic nitrogens is 1. The highest BCUT2D eigenvalue weighted by atomic mass is 32.1. The Morgan fingerprint density at radius 1 is 1.22 bits per heavy atom. The van der Waals surface area contributed by atoms with Crippen LogP contribution in [0.1, 0.15) is 10.4 Å². The molecule has 0 aliphatic rings. The first-order valence-electron chi connectivity index (χ1n) is 7.00. The Hall–Kier alpha value is -2.86. The van der Waals surface area contributed by atoms with Gasteiger partial charge in [-0.05, 0) is 24.3 Å². The molecule has 0 aliphatic carbocycles. The standard InChI is InChI=1S/C17H12N2O3S/c1-19-13-8-10(6-7-14(13)22-17(19)21)18-16(20)12-9-23-15-5-3-2-4-11(12)15/h2-9H,1H3,(H,18,20). The van der Waals surface area contributed by atoms with E-state index in [-0.39, 0.29) is 5.91 Å². The molecule has 4 rings (SSSR count). The predicted molar refractivity (Wildman–Crippen MR) is 91.2 cm³/mol. The molecule has 0 unspecified atom stereocenters. The highest BCUT2D eigenvalue weighted by molar-refractivity contribution is 7.17. The number of anilines is 1. The number of carbonyl (C=O) groups is 1. The van der Waals surface area contributed by atoms with Crippen molar-refractivity contribution in [2.24, 2.45) is 7.05 Å². The van der Waals surface area contributed by atoms with Crippen LogP contribution in [0.4, 0.5) is 5.69 Å². The van der Waals surface area contributed by atoms with Gasteiger partial charge >= 0.3 is 5.76 Å². The van der Waals surface area contributed by atoms with E-state index >= 15 is 0 Å². The van der Waals surface area contributed by atoms with Gasteiger partial charge in [-0.2, -0.15) is 0 Å². The number of nitrogens with one attached hydrogen (secondary N) is 1. The van der Waals surface area contributed by atoms with Gasteiger partial charge in [-0.3, -0.25) is 9.36 Å². The number of carbonyl (C=O) groups excluding carboxylic acids is 1. The van der Waals surface area contributed by atoms with Crippen molar-refractivity contribution >= 4 is 44.1 Å². The molecular formula is C17H12N2O3S. The summed E-state index contributed by atoms with van der Waals surface area (Å²) in [4.78, 5) is 24.0. The number of aryl methyl sites for hydroxylation is 1. The summed E-state index contributed by atoms with van der Waals surface area (Å²) in [6, 6.07) is 12.9. The summed E-state index contributed by atoms with van der Waals surface area (Å²) >= 11 is 1.54. The number of nitrogens with zero attached hydrogens (tertiary/aromatic N) is 1. The van der Waals surface area contributed by atoms with Crippen LogP contribution in [0.3, 0.4) is 0 Å². The number of thiophene rings is 1. The van der Waals surface area contributed by atoms with Gasteiger partial charge < -0.3 is 9.73 Å². The first-order valence-corrected chi connectivity index (χ1v) is 7.88. The topological polar surface area (TPSA) is 64.2 Å². The maximum atomic E-state index is 12.5. The lowest BCUT2D eigenvalue weighted by Gasteiger charge is -2.05. The summed E-state index contributed by atoms with van der Waals surface area (Å²) in [6.07, 6.45) is 0. The highest BCUT2D eigenvalue weighted by Crippen LogP contribution is 2.26. The monoisotopic (exact) mass is 324 g/mol. The predicted octanol–water partition coefficient (Wildman–Crippen LogP) is 3.60. The van der Waals surface area contributed by atoms with Gasteiger partial charge in [0.05, 0.1) is 11.1 Å². The van der Waals surface area contributed by atoms with Gasteiger partial charge in [-0.15, -0.1) is 11.3 Å². The maximum Gasteiger partial charge on any atom is 0.419 e. The minimum absolute atomic E-state index is 0.171. The minimum Gasteiger partial charge on any atom is -0.408 e. The molecule has 23 heavy (non-hydrogen) atoms. The van der Waals surface area contributed by atoms with Crippen LogP contribution < -0.4 is 11.1 Å². The van der Waals surface area contributed by atoms with Gasteiger partial charge in [-0.1, -0.05) is 18.2 Å². The fourth-order valence-corrected chi connectivity index (χ4v) is 3.50. The molecule has 0 spiro atoms. The zero-order valence-corrected chi connectivity index (χ0v) is 13.0. The molecule has 0 radical (unpaired) electrons. The average molecular weight is 324 g/mol. The van der Waals surface area contributed by atoms with E-state index in [9.17, 15) is 9.59 Å². The summed E-state index contributed by atoms with van der Waals surface area (Å²) < 4.78 is 7.57. The lowest BCUT2D eigenvalue weighted by atomic mass is 10.1. The summed E-state index contributed by atoms with van der Waals surface area (Å²) in [5.74, 6) is -0.595. The Labute approximate surface area is 134 Å². The Kier molecular flexibility index (Phi) is 3.06. The number of amides is 1. The van der Waals surface area contributed by atoms with Crippen LogP contribution >= 0.6 is 11.3 Å². The summed E-state index contributed by atoms with van der Waals surface area (Å²) in [5.41, 5.74) is 2.40. The van der Waals surface area contributed by atoms with Crippen molar-refractivity contribution in [2.45, 2.75) is 0 Å². The quantitative estimate of drug-likeness (QED) is 0.613. The van der Waals surface area contributed by atoms with Gasteiger partial charge in [0.25, 0.3) is 5.91 Å². The van der Waals surface area contributed by atoms with Crippen LogP contribution in [-0.4, -0.2) is 10.5 Å². The van der Waals surface area contributed by atoms with Crippen LogP contribution in [0.15, 0.2) is 57.1 Å². The fourth-order valence-electron chi connectivity index (χ4n) is 2.56. The Morgan fingerprint density at radius 2 is 2.04 bits per heavy atom. The maximum absolute atomic E-state index is 12.5. The SMILES string of the molecule is Cn1c(=O)oc2ccc(NC(=O)c3csc4ccccc34)cc21. The van der Waals surface area contributed by atoms with Gasteiger partial charge in [0.1, 0.15) is 0 Å². The molecule has 5 nitrogen and oxygen atoms in total. The van der Waals surface area contributed by atoms with Gasteiger partial charge in [0.2, 0.25) is 0 Å². The van der Waals surface area contributed by atoms with Crippen molar-refractivity contribution < 1.29 is 9.21 Å².